The van der Waals surface area contributed by atoms with Crippen LogP contribution in [0.5, 0.6) is 0 Å². The zero-order chi connectivity index (χ0) is 16.9. The van der Waals surface area contributed by atoms with E-state index in [9.17, 15) is 9.59 Å². The monoisotopic (exact) mass is 329 g/mol. The molecule has 0 aromatic heterocycles. The van der Waals surface area contributed by atoms with E-state index >= 15 is 0 Å². The second-order valence-corrected chi connectivity index (χ2v) is 6.27. The summed E-state index contributed by atoms with van der Waals surface area (Å²) >= 11 is 0. The largest absolute Gasteiger partial charge is 0.376 e. The van der Waals surface area contributed by atoms with Crippen molar-refractivity contribution in [2.75, 3.05) is 20.2 Å². The molecule has 6 heteroatoms. The van der Waals surface area contributed by atoms with Gasteiger partial charge < -0.3 is 9.64 Å². The van der Waals surface area contributed by atoms with Crippen molar-refractivity contribution in [1.82, 2.24) is 9.91 Å². The van der Waals surface area contributed by atoms with Crippen molar-refractivity contribution >= 4 is 17.5 Å². The number of ether oxygens (including phenoxy) is 1. The van der Waals surface area contributed by atoms with Gasteiger partial charge in [0.1, 0.15) is 5.71 Å². The number of hydrazone groups is 1. The smallest absolute Gasteiger partial charge is 0.270 e. The molecule has 0 N–H and O–H groups in total. The Labute approximate surface area is 142 Å². The minimum Gasteiger partial charge on any atom is -0.376 e. The average Bonchev–Trinajstić information content (AvgIpc) is 3.10. The molecule has 1 fully saturated rings. The first-order chi connectivity index (χ1) is 11.6. The fraction of sp³-hybridized carbons (Fsp3) is 0.500. The van der Waals surface area contributed by atoms with Gasteiger partial charge in [-0.25, -0.2) is 5.01 Å². The van der Waals surface area contributed by atoms with Gasteiger partial charge in [0.05, 0.1) is 6.10 Å². The van der Waals surface area contributed by atoms with Crippen LogP contribution in [-0.4, -0.2) is 53.7 Å². The van der Waals surface area contributed by atoms with Gasteiger partial charge in [-0.3, -0.25) is 9.59 Å². The Kier molecular flexibility index (Phi) is 5.25. The summed E-state index contributed by atoms with van der Waals surface area (Å²) in [5, 5.41) is 5.44. The zero-order valence-electron chi connectivity index (χ0n) is 14.0. The molecule has 0 aliphatic carbocycles. The molecule has 1 aromatic carbocycles. The van der Waals surface area contributed by atoms with Gasteiger partial charge in [-0.05, 0) is 18.4 Å². The molecule has 1 atom stereocenters. The first kappa shape index (κ1) is 16.6. The van der Waals surface area contributed by atoms with Crippen molar-refractivity contribution < 1.29 is 14.3 Å². The summed E-state index contributed by atoms with van der Waals surface area (Å²) in [5.41, 5.74) is 1.52. The number of nitrogens with zero attached hydrogens (tertiary/aromatic N) is 3. The minimum atomic E-state index is -0.103. The van der Waals surface area contributed by atoms with E-state index in [1.807, 2.05) is 30.3 Å². The lowest BCUT2D eigenvalue weighted by Crippen LogP contribution is -2.43. The number of carbonyl (C=O) groups is 2. The van der Waals surface area contributed by atoms with Crippen LogP contribution < -0.4 is 0 Å². The molecular weight excluding hydrogens is 306 g/mol. The first-order valence-corrected chi connectivity index (χ1v) is 8.42. The van der Waals surface area contributed by atoms with E-state index in [0.717, 1.165) is 25.0 Å². The molecule has 128 valence electrons. The second kappa shape index (κ2) is 7.57. The van der Waals surface area contributed by atoms with Crippen LogP contribution in [0.1, 0.15) is 31.2 Å². The third kappa shape index (κ3) is 4.00. The molecule has 24 heavy (non-hydrogen) atoms. The maximum atomic E-state index is 12.9. The summed E-state index contributed by atoms with van der Waals surface area (Å²) in [5.74, 6) is -0.158. The Balaban J connectivity index is 1.76. The number of rotatable bonds is 5. The third-order valence-corrected chi connectivity index (χ3v) is 4.41. The van der Waals surface area contributed by atoms with Crippen molar-refractivity contribution in [2.45, 2.75) is 38.3 Å². The Bertz CT molecular complexity index is 624. The SMILES string of the molecule is CN1N=C(C(=O)N(Cc2ccccc2)CC2CCCO2)CCC1=O. The fourth-order valence-corrected chi connectivity index (χ4v) is 3.06. The van der Waals surface area contributed by atoms with Crippen molar-refractivity contribution in [1.29, 1.82) is 0 Å². The summed E-state index contributed by atoms with van der Waals surface area (Å²) < 4.78 is 5.70. The van der Waals surface area contributed by atoms with Gasteiger partial charge >= 0.3 is 0 Å². The van der Waals surface area contributed by atoms with E-state index in [1.54, 1.807) is 11.9 Å². The van der Waals surface area contributed by atoms with Gasteiger partial charge in [-0.1, -0.05) is 30.3 Å². The zero-order valence-corrected chi connectivity index (χ0v) is 14.0. The van der Waals surface area contributed by atoms with Gasteiger partial charge in [0, 0.05) is 39.6 Å². The predicted molar refractivity (Wildman–Crippen MR) is 90.3 cm³/mol. The Morgan fingerprint density at radius 2 is 2.12 bits per heavy atom. The molecule has 0 radical (unpaired) electrons. The van der Waals surface area contributed by atoms with Crippen molar-refractivity contribution in [2.24, 2.45) is 5.10 Å². The van der Waals surface area contributed by atoms with Crippen LogP contribution in [0.25, 0.3) is 0 Å². The summed E-state index contributed by atoms with van der Waals surface area (Å²) in [6, 6.07) is 9.91. The van der Waals surface area contributed by atoms with E-state index in [0.29, 0.717) is 31.6 Å². The van der Waals surface area contributed by atoms with Gasteiger partial charge in [0.2, 0.25) is 5.91 Å². The number of carbonyl (C=O) groups excluding carboxylic acids is 2. The average molecular weight is 329 g/mol. The van der Waals surface area contributed by atoms with Gasteiger partial charge in [-0.2, -0.15) is 5.10 Å². The maximum Gasteiger partial charge on any atom is 0.270 e. The number of benzene rings is 1. The molecule has 3 rings (SSSR count). The molecule has 1 saturated heterocycles. The molecule has 2 heterocycles. The number of hydrogen-bond donors (Lipinski definition) is 0. The summed E-state index contributed by atoms with van der Waals surface area (Å²) in [4.78, 5) is 26.3. The highest BCUT2D eigenvalue weighted by Gasteiger charge is 2.28. The molecule has 0 bridgehead atoms. The fourth-order valence-electron chi connectivity index (χ4n) is 3.06. The summed E-state index contributed by atoms with van der Waals surface area (Å²) in [6.07, 6.45) is 2.83. The number of hydrogen-bond acceptors (Lipinski definition) is 4. The molecule has 6 nitrogen and oxygen atoms in total. The highest BCUT2D eigenvalue weighted by atomic mass is 16.5. The molecule has 0 spiro atoms. The van der Waals surface area contributed by atoms with Crippen LogP contribution in [0, 0.1) is 0 Å². The van der Waals surface area contributed by atoms with Crippen LogP contribution >= 0.6 is 0 Å². The maximum absolute atomic E-state index is 12.9. The molecule has 2 aliphatic rings. The normalized spacial score (nSPS) is 20.9. The van der Waals surface area contributed by atoms with E-state index in [4.69, 9.17) is 4.74 Å². The van der Waals surface area contributed by atoms with E-state index in [-0.39, 0.29) is 17.9 Å². The van der Waals surface area contributed by atoms with Crippen LogP contribution in [0.4, 0.5) is 0 Å². The van der Waals surface area contributed by atoms with Crippen LogP contribution in [0.3, 0.4) is 0 Å². The van der Waals surface area contributed by atoms with Gasteiger partial charge in [0.25, 0.3) is 5.91 Å². The minimum absolute atomic E-state index is 0.0553. The first-order valence-electron chi connectivity index (χ1n) is 8.42. The van der Waals surface area contributed by atoms with E-state index < -0.39 is 0 Å². The molecule has 2 aliphatic heterocycles. The lowest BCUT2D eigenvalue weighted by Gasteiger charge is -2.28. The van der Waals surface area contributed by atoms with Crippen LogP contribution in [-0.2, 0) is 20.9 Å². The molecule has 0 saturated carbocycles. The summed E-state index contributed by atoms with van der Waals surface area (Å²) in [7, 11) is 1.59. The van der Waals surface area contributed by atoms with Crippen LogP contribution in [0.2, 0.25) is 0 Å². The lowest BCUT2D eigenvalue weighted by atomic mass is 10.1. The lowest BCUT2D eigenvalue weighted by molar-refractivity contribution is -0.131. The Hall–Kier alpha value is -2.21. The van der Waals surface area contributed by atoms with Gasteiger partial charge in [0.15, 0.2) is 0 Å². The Morgan fingerprint density at radius 1 is 1.33 bits per heavy atom. The van der Waals surface area contributed by atoms with Crippen molar-refractivity contribution in [3.05, 3.63) is 35.9 Å². The molecular formula is C18H23N3O3. The Morgan fingerprint density at radius 3 is 2.79 bits per heavy atom. The molecule has 2 amide bonds. The topological polar surface area (TPSA) is 62.2 Å². The van der Waals surface area contributed by atoms with Crippen LogP contribution in [0.15, 0.2) is 35.4 Å². The summed E-state index contributed by atoms with van der Waals surface area (Å²) in [6.45, 7) is 1.84. The predicted octanol–water partition coefficient (Wildman–Crippen LogP) is 1.80. The molecule has 1 aromatic rings. The molecule has 1 unspecified atom stereocenters. The number of amides is 2. The van der Waals surface area contributed by atoms with E-state index in [2.05, 4.69) is 5.10 Å². The standard InChI is InChI=1S/C18H23N3O3/c1-20-17(22)10-9-16(19-20)18(23)21(13-15-8-5-11-24-15)12-14-6-3-2-4-7-14/h2-4,6-7,15H,5,8-13H2,1H3. The quantitative estimate of drug-likeness (QED) is 0.827. The van der Waals surface area contributed by atoms with Crippen molar-refractivity contribution in [3.63, 3.8) is 0 Å². The highest BCUT2D eigenvalue weighted by molar-refractivity contribution is 6.39. The van der Waals surface area contributed by atoms with E-state index in [1.165, 1.54) is 5.01 Å². The van der Waals surface area contributed by atoms with Gasteiger partial charge in [-0.15, -0.1) is 0 Å². The highest BCUT2D eigenvalue weighted by Crippen LogP contribution is 2.17. The third-order valence-electron chi connectivity index (χ3n) is 4.41. The van der Waals surface area contributed by atoms with Crippen molar-refractivity contribution in [3.8, 4) is 0 Å². The second-order valence-electron chi connectivity index (χ2n) is 6.27.